The van der Waals surface area contributed by atoms with Crippen molar-refractivity contribution in [3.8, 4) is 5.75 Å². The first kappa shape index (κ1) is 19.5. The Labute approximate surface area is 161 Å². The largest absolute Gasteiger partial charge is 0.494 e. The standard InChI is InChI=1S/C22H30N2O3/c1-4-26-19-7-5-6-18(14-19)22(25)23-15-20(21-9-8-17(3)27-21)24-12-10-16(2)11-13-24/h5-9,14,16,20H,4,10-13,15H2,1-3H3,(H,23,25). The van der Waals surface area contributed by atoms with E-state index in [-0.39, 0.29) is 11.9 Å². The topological polar surface area (TPSA) is 54.7 Å². The second-order valence-electron chi connectivity index (χ2n) is 7.35. The Balaban J connectivity index is 1.68. The molecule has 1 aliphatic heterocycles. The number of benzene rings is 1. The van der Waals surface area contributed by atoms with Gasteiger partial charge in [-0.1, -0.05) is 13.0 Å². The first-order chi connectivity index (χ1) is 13.1. The van der Waals surface area contributed by atoms with Crippen LogP contribution in [-0.2, 0) is 0 Å². The first-order valence-corrected chi connectivity index (χ1v) is 9.88. The van der Waals surface area contributed by atoms with E-state index in [9.17, 15) is 4.79 Å². The average Bonchev–Trinajstić information content (AvgIpc) is 3.10. The van der Waals surface area contributed by atoms with Gasteiger partial charge in [0.2, 0.25) is 0 Å². The Bertz CT molecular complexity index is 748. The number of carbonyl (C=O) groups excluding carboxylic acids is 1. The highest BCUT2D eigenvalue weighted by Gasteiger charge is 2.27. The number of furan rings is 1. The molecule has 27 heavy (non-hydrogen) atoms. The molecule has 1 aliphatic rings. The van der Waals surface area contributed by atoms with Gasteiger partial charge in [-0.15, -0.1) is 0 Å². The fraction of sp³-hybridized carbons (Fsp3) is 0.500. The van der Waals surface area contributed by atoms with E-state index in [1.54, 1.807) is 6.07 Å². The van der Waals surface area contributed by atoms with Gasteiger partial charge in [0.25, 0.3) is 5.91 Å². The van der Waals surface area contributed by atoms with Crippen LogP contribution in [0.15, 0.2) is 40.8 Å². The summed E-state index contributed by atoms with van der Waals surface area (Å²) in [4.78, 5) is 15.1. The van der Waals surface area contributed by atoms with Crippen molar-refractivity contribution in [2.75, 3.05) is 26.2 Å². The lowest BCUT2D eigenvalue weighted by Gasteiger charge is -2.35. The van der Waals surface area contributed by atoms with E-state index in [2.05, 4.69) is 17.1 Å². The molecule has 146 valence electrons. The van der Waals surface area contributed by atoms with Gasteiger partial charge in [-0.2, -0.15) is 0 Å². The van der Waals surface area contributed by atoms with Crippen LogP contribution in [0.3, 0.4) is 0 Å². The molecule has 3 rings (SSSR count). The van der Waals surface area contributed by atoms with Crippen LogP contribution in [0.1, 0.15) is 54.6 Å². The molecule has 5 nitrogen and oxygen atoms in total. The third kappa shape index (κ3) is 5.13. The molecule has 2 aromatic rings. The van der Waals surface area contributed by atoms with Crippen LogP contribution in [0.25, 0.3) is 0 Å². The molecule has 0 bridgehead atoms. The van der Waals surface area contributed by atoms with E-state index in [4.69, 9.17) is 9.15 Å². The lowest BCUT2D eigenvalue weighted by molar-refractivity contribution is 0.0894. The summed E-state index contributed by atoms with van der Waals surface area (Å²) in [6, 6.07) is 11.4. The maximum Gasteiger partial charge on any atom is 0.251 e. The summed E-state index contributed by atoms with van der Waals surface area (Å²) in [6.45, 7) is 9.36. The minimum absolute atomic E-state index is 0.0604. The van der Waals surface area contributed by atoms with Gasteiger partial charge in [0.05, 0.1) is 12.6 Å². The van der Waals surface area contributed by atoms with Crippen molar-refractivity contribution >= 4 is 5.91 Å². The number of nitrogens with zero attached hydrogens (tertiary/aromatic N) is 1. The molecule has 1 aromatic carbocycles. The quantitative estimate of drug-likeness (QED) is 0.794. The summed E-state index contributed by atoms with van der Waals surface area (Å²) < 4.78 is 11.4. The van der Waals surface area contributed by atoms with Gasteiger partial charge >= 0.3 is 0 Å². The van der Waals surface area contributed by atoms with Crippen LogP contribution < -0.4 is 10.1 Å². The van der Waals surface area contributed by atoms with E-state index < -0.39 is 0 Å². The van der Waals surface area contributed by atoms with Crippen molar-refractivity contribution in [3.63, 3.8) is 0 Å². The predicted octanol–water partition coefficient (Wildman–Crippen LogP) is 4.19. The third-order valence-electron chi connectivity index (χ3n) is 5.21. The molecule has 0 saturated carbocycles. The number of amides is 1. The minimum Gasteiger partial charge on any atom is -0.494 e. The van der Waals surface area contributed by atoms with Gasteiger partial charge in [-0.25, -0.2) is 0 Å². The number of hydrogen-bond acceptors (Lipinski definition) is 4. The summed E-state index contributed by atoms with van der Waals surface area (Å²) in [5.41, 5.74) is 0.614. The van der Waals surface area contributed by atoms with Crippen LogP contribution in [-0.4, -0.2) is 37.0 Å². The Morgan fingerprint density at radius 2 is 2.07 bits per heavy atom. The summed E-state index contributed by atoms with van der Waals surface area (Å²) in [5.74, 6) is 3.21. The van der Waals surface area contributed by atoms with Gasteiger partial charge in [0, 0.05) is 12.1 Å². The highest BCUT2D eigenvalue weighted by Crippen LogP contribution is 2.27. The summed E-state index contributed by atoms with van der Waals surface area (Å²) in [5, 5.41) is 3.09. The Kier molecular flexibility index (Phi) is 6.56. The number of hydrogen-bond donors (Lipinski definition) is 1. The third-order valence-corrected chi connectivity index (χ3v) is 5.21. The Morgan fingerprint density at radius 3 is 2.74 bits per heavy atom. The molecule has 1 fully saturated rings. The maximum atomic E-state index is 12.7. The van der Waals surface area contributed by atoms with E-state index in [1.165, 1.54) is 12.8 Å². The van der Waals surface area contributed by atoms with Crippen LogP contribution in [0.2, 0.25) is 0 Å². The number of piperidine rings is 1. The molecule has 1 unspecified atom stereocenters. The average molecular weight is 370 g/mol. The van der Waals surface area contributed by atoms with Crippen molar-refractivity contribution in [1.82, 2.24) is 10.2 Å². The smallest absolute Gasteiger partial charge is 0.251 e. The zero-order valence-corrected chi connectivity index (χ0v) is 16.5. The van der Waals surface area contributed by atoms with E-state index in [0.717, 1.165) is 30.5 Å². The summed E-state index contributed by atoms with van der Waals surface area (Å²) >= 11 is 0. The predicted molar refractivity (Wildman–Crippen MR) is 106 cm³/mol. The monoisotopic (exact) mass is 370 g/mol. The number of carbonyl (C=O) groups is 1. The molecule has 1 N–H and O–H groups in total. The second-order valence-corrected chi connectivity index (χ2v) is 7.35. The van der Waals surface area contributed by atoms with Crippen LogP contribution in [0.5, 0.6) is 5.75 Å². The molecule has 0 spiro atoms. The van der Waals surface area contributed by atoms with Gasteiger partial charge < -0.3 is 14.5 Å². The van der Waals surface area contributed by atoms with Crippen molar-refractivity contribution in [1.29, 1.82) is 0 Å². The number of likely N-dealkylation sites (tertiary alicyclic amines) is 1. The van der Waals surface area contributed by atoms with Crippen molar-refractivity contribution < 1.29 is 13.9 Å². The first-order valence-electron chi connectivity index (χ1n) is 9.88. The molecule has 2 heterocycles. The number of nitrogens with one attached hydrogen (secondary N) is 1. The van der Waals surface area contributed by atoms with Gasteiger partial charge in [0.15, 0.2) is 0 Å². The fourth-order valence-electron chi connectivity index (χ4n) is 3.57. The second kappa shape index (κ2) is 9.09. The fourth-order valence-corrected chi connectivity index (χ4v) is 3.57. The van der Waals surface area contributed by atoms with Crippen LogP contribution in [0, 0.1) is 12.8 Å². The van der Waals surface area contributed by atoms with Gasteiger partial charge in [-0.3, -0.25) is 9.69 Å². The van der Waals surface area contributed by atoms with E-state index >= 15 is 0 Å². The molecular weight excluding hydrogens is 340 g/mol. The molecule has 0 radical (unpaired) electrons. The van der Waals surface area contributed by atoms with Crippen LogP contribution >= 0.6 is 0 Å². The summed E-state index contributed by atoms with van der Waals surface area (Å²) in [6.07, 6.45) is 2.36. The zero-order valence-electron chi connectivity index (χ0n) is 16.5. The molecule has 5 heteroatoms. The Hall–Kier alpha value is -2.27. The molecule has 1 saturated heterocycles. The van der Waals surface area contributed by atoms with Gasteiger partial charge in [-0.05, 0) is 76.0 Å². The van der Waals surface area contributed by atoms with Crippen molar-refractivity contribution in [2.24, 2.45) is 5.92 Å². The molecular formula is C22H30N2O3. The highest BCUT2D eigenvalue weighted by atomic mass is 16.5. The number of rotatable bonds is 7. The molecule has 1 amide bonds. The van der Waals surface area contributed by atoms with Crippen molar-refractivity contribution in [3.05, 3.63) is 53.5 Å². The number of aryl methyl sites for hydroxylation is 1. The van der Waals surface area contributed by atoms with Crippen LogP contribution in [0.4, 0.5) is 0 Å². The van der Waals surface area contributed by atoms with Crippen molar-refractivity contribution in [2.45, 2.75) is 39.7 Å². The zero-order chi connectivity index (χ0) is 19.2. The number of ether oxygens (including phenoxy) is 1. The lowest BCUT2D eigenvalue weighted by Crippen LogP contribution is -2.41. The Morgan fingerprint density at radius 1 is 1.30 bits per heavy atom. The normalized spacial score (nSPS) is 16.9. The molecule has 0 aliphatic carbocycles. The van der Waals surface area contributed by atoms with Gasteiger partial charge in [0.1, 0.15) is 17.3 Å². The SMILES string of the molecule is CCOc1cccc(C(=O)NCC(c2ccc(C)o2)N2CCC(C)CC2)c1. The molecule has 1 atom stereocenters. The maximum absolute atomic E-state index is 12.7. The van der Waals surface area contributed by atoms with E-state index in [1.807, 2.05) is 44.2 Å². The van der Waals surface area contributed by atoms with E-state index in [0.29, 0.717) is 24.5 Å². The minimum atomic E-state index is -0.0878. The highest BCUT2D eigenvalue weighted by molar-refractivity contribution is 5.94. The lowest BCUT2D eigenvalue weighted by atomic mass is 9.97. The summed E-state index contributed by atoms with van der Waals surface area (Å²) in [7, 11) is 0. The molecule has 1 aromatic heterocycles.